The van der Waals surface area contributed by atoms with Gasteiger partial charge in [-0.3, -0.25) is 8.98 Å². The van der Waals surface area contributed by atoms with E-state index in [4.69, 9.17) is 0 Å². The topological polar surface area (TPSA) is 133 Å². The Hall–Kier alpha value is -2.01. The monoisotopic (exact) mass is 306 g/mol. The average molecular weight is 306 g/mol. The molecule has 10 nitrogen and oxygen atoms in total. The van der Waals surface area contributed by atoms with Crippen LogP contribution < -0.4 is 5.32 Å². The standard InChI is InChI=1S/C9H14N4O6S/c1-7-11-5-9(13(15)16)12(7)6-8(14)10-3-4-19-20(2,17)18/h5H,3-4,6H2,1-2H3,(H,10,14). The SMILES string of the molecule is Cc1ncc([N+](=O)[O-])n1CC(=O)NCCOS(C)(=O)=O. The Morgan fingerprint density at radius 3 is 2.80 bits per heavy atom. The van der Waals surface area contributed by atoms with Crippen LogP contribution in [0, 0.1) is 17.0 Å². The van der Waals surface area contributed by atoms with Crippen LogP contribution in [0.4, 0.5) is 5.82 Å². The van der Waals surface area contributed by atoms with E-state index in [1.54, 1.807) is 0 Å². The van der Waals surface area contributed by atoms with Crippen LogP contribution in [0.25, 0.3) is 0 Å². The molecule has 0 aliphatic rings. The highest BCUT2D eigenvalue weighted by molar-refractivity contribution is 7.85. The van der Waals surface area contributed by atoms with Gasteiger partial charge >= 0.3 is 5.82 Å². The van der Waals surface area contributed by atoms with Crippen LogP contribution in [0.3, 0.4) is 0 Å². The van der Waals surface area contributed by atoms with Crippen LogP contribution in [0.1, 0.15) is 5.82 Å². The summed E-state index contributed by atoms with van der Waals surface area (Å²) in [6.07, 6.45) is 1.96. The van der Waals surface area contributed by atoms with Crippen molar-refractivity contribution in [3.05, 3.63) is 22.1 Å². The van der Waals surface area contributed by atoms with Crippen molar-refractivity contribution in [1.29, 1.82) is 0 Å². The molecule has 0 spiro atoms. The first kappa shape index (κ1) is 16.0. The molecule has 0 aliphatic carbocycles. The first-order chi connectivity index (χ1) is 9.20. The Labute approximate surface area is 115 Å². The molecule has 0 radical (unpaired) electrons. The van der Waals surface area contributed by atoms with E-state index in [2.05, 4.69) is 14.5 Å². The van der Waals surface area contributed by atoms with Gasteiger partial charge in [0, 0.05) is 13.5 Å². The van der Waals surface area contributed by atoms with Gasteiger partial charge in [-0.15, -0.1) is 0 Å². The van der Waals surface area contributed by atoms with Crippen molar-refractivity contribution in [1.82, 2.24) is 14.9 Å². The summed E-state index contributed by atoms with van der Waals surface area (Å²) in [6.45, 7) is 1.04. The summed E-state index contributed by atoms with van der Waals surface area (Å²) in [5.41, 5.74) is 0. The summed E-state index contributed by atoms with van der Waals surface area (Å²) in [4.78, 5) is 25.4. The maximum atomic E-state index is 11.6. The first-order valence-electron chi connectivity index (χ1n) is 5.48. The maximum absolute atomic E-state index is 11.6. The number of carbonyl (C=O) groups excluding carboxylic acids is 1. The quantitative estimate of drug-likeness (QED) is 0.301. The number of aromatic nitrogens is 2. The first-order valence-corrected chi connectivity index (χ1v) is 7.30. The van der Waals surface area contributed by atoms with Crippen LogP contribution in [0.2, 0.25) is 0 Å². The molecule has 1 aromatic heterocycles. The second-order valence-corrected chi connectivity index (χ2v) is 5.53. The van der Waals surface area contributed by atoms with Crippen LogP contribution in [-0.4, -0.2) is 48.2 Å². The van der Waals surface area contributed by atoms with E-state index in [0.29, 0.717) is 5.82 Å². The molecule has 1 amide bonds. The van der Waals surface area contributed by atoms with Gasteiger partial charge in [-0.25, -0.2) is 9.55 Å². The predicted molar refractivity (Wildman–Crippen MR) is 67.4 cm³/mol. The Kier molecular flexibility index (Phi) is 5.16. The fourth-order valence-electron chi connectivity index (χ4n) is 1.38. The highest BCUT2D eigenvalue weighted by Crippen LogP contribution is 2.12. The van der Waals surface area contributed by atoms with Crippen LogP contribution >= 0.6 is 0 Å². The van der Waals surface area contributed by atoms with Crippen molar-refractivity contribution in [3.63, 3.8) is 0 Å². The summed E-state index contributed by atoms with van der Waals surface area (Å²) in [7, 11) is -3.55. The molecule has 0 atom stereocenters. The number of hydrogen-bond acceptors (Lipinski definition) is 7. The molecule has 0 saturated carbocycles. The lowest BCUT2D eigenvalue weighted by Gasteiger charge is -2.05. The second kappa shape index (κ2) is 6.43. The predicted octanol–water partition coefficient (Wildman–Crippen LogP) is -0.808. The summed E-state index contributed by atoms with van der Waals surface area (Å²) in [5.74, 6) is -0.462. The molecule has 0 unspecified atom stereocenters. The lowest BCUT2D eigenvalue weighted by molar-refractivity contribution is -0.392. The van der Waals surface area contributed by atoms with Gasteiger partial charge in [0.25, 0.3) is 16.0 Å². The van der Waals surface area contributed by atoms with Gasteiger partial charge in [-0.1, -0.05) is 0 Å². The van der Waals surface area contributed by atoms with Crippen molar-refractivity contribution in [2.45, 2.75) is 13.5 Å². The molecule has 1 N–H and O–H groups in total. The molecule has 112 valence electrons. The molecule has 0 aromatic carbocycles. The van der Waals surface area contributed by atoms with Gasteiger partial charge in [0.05, 0.1) is 12.9 Å². The van der Waals surface area contributed by atoms with E-state index in [9.17, 15) is 23.3 Å². The normalized spacial score (nSPS) is 11.3. The van der Waals surface area contributed by atoms with Crippen molar-refractivity contribution >= 4 is 21.8 Å². The molecular weight excluding hydrogens is 292 g/mol. The molecule has 11 heteroatoms. The zero-order valence-electron chi connectivity index (χ0n) is 10.9. The van der Waals surface area contributed by atoms with E-state index >= 15 is 0 Å². The largest absolute Gasteiger partial charge is 0.358 e. The fraction of sp³-hybridized carbons (Fsp3) is 0.556. The van der Waals surface area contributed by atoms with Gasteiger partial charge < -0.3 is 15.4 Å². The van der Waals surface area contributed by atoms with Crippen LogP contribution in [-0.2, 0) is 25.6 Å². The third-order valence-corrected chi connectivity index (χ3v) is 2.84. The number of nitro groups is 1. The summed E-state index contributed by atoms with van der Waals surface area (Å²) >= 11 is 0. The molecule has 1 rings (SSSR count). The minimum atomic E-state index is -3.55. The maximum Gasteiger partial charge on any atom is 0.343 e. The zero-order chi connectivity index (χ0) is 15.3. The third-order valence-electron chi connectivity index (χ3n) is 2.24. The summed E-state index contributed by atoms with van der Waals surface area (Å²) in [5, 5.41) is 13.1. The molecule has 1 aromatic rings. The molecule has 0 bridgehead atoms. The van der Waals surface area contributed by atoms with Gasteiger partial charge in [0.2, 0.25) is 0 Å². The number of imidazole rings is 1. The highest BCUT2D eigenvalue weighted by Gasteiger charge is 2.19. The van der Waals surface area contributed by atoms with E-state index in [-0.39, 0.29) is 25.5 Å². The van der Waals surface area contributed by atoms with Gasteiger partial charge in [-0.2, -0.15) is 8.42 Å². The number of carbonyl (C=O) groups is 1. The molecule has 0 saturated heterocycles. The van der Waals surface area contributed by atoms with E-state index in [0.717, 1.165) is 17.0 Å². The van der Waals surface area contributed by atoms with Gasteiger partial charge in [0.1, 0.15) is 6.20 Å². The number of nitrogens with zero attached hydrogens (tertiary/aromatic N) is 3. The number of aryl methyl sites for hydroxylation is 1. The van der Waals surface area contributed by atoms with Gasteiger partial charge in [0.15, 0.2) is 12.4 Å². The molecule has 0 aliphatic heterocycles. The number of rotatable bonds is 7. The molecular formula is C9H14N4O6S. The Bertz CT molecular complexity index is 608. The van der Waals surface area contributed by atoms with E-state index in [1.165, 1.54) is 6.92 Å². The lowest BCUT2D eigenvalue weighted by atomic mass is 10.5. The number of amides is 1. The van der Waals surface area contributed by atoms with Crippen molar-refractivity contribution < 1.29 is 22.3 Å². The number of nitrogens with one attached hydrogen (secondary N) is 1. The molecule has 20 heavy (non-hydrogen) atoms. The minimum absolute atomic E-state index is 0.0204. The zero-order valence-corrected chi connectivity index (χ0v) is 11.7. The van der Waals surface area contributed by atoms with E-state index in [1.807, 2.05) is 0 Å². The Morgan fingerprint density at radius 1 is 1.60 bits per heavy atom. The van der Waals surface area contributed by atoms with Crippen LogP contribution in [0.15, 0.2) is 6.20 Å². The highest BCUT2D eigenvalue weighted by atomic mass is 32.2. The number of hydrogen-bond donors (Lipinski definition) is 1. The molecule has 0 fully saturated rings. The van der Waals surface area contributed by atoms with Gasteiger partial charge in [-0.05, 0) is 4.92 Å². The summed E-state index contributed by atoms with van der Waals surface area (Å²) < 4.78 is 26.9. The Balaban J connectivity index is 2.51. The third kappa shape index (κ3) is 4.93. The smallest absolute Gasteiger partial charge is 0.343 e. The Morgan fingerprint density at radius 2 is 2.25 bits per heavy atom. The van der Waals surface area contributed by atoms with E-state index < -0.39 is 20.9 Å². The average Bonchev–Trinajstić information content (AvgIpc) is 2.66. The second-order valence-electron chi connectivity index (χ2n) is 3.88. The van der Waals surface area contributed by atoms with Crippen molar-refractivity contribution in [2.75, 3.05) is 19.4 Å². The summed E-state index contributed by atoms with van der Waals surface area (Å²) in [6, 6.07) is 0. The van der Waals surface area contributed by atoms with Crippen molar-refractivity contribution in [3.8, 4) is 0 Å². The lowest BCUT2D eigenvalue weighted by Crippen LogP contribution is -2.31. The molecule has 1 heterocycles. The van der Waals surface area contributed by atoms with Crippen molar-refractivity contribution in [2.24, 2.45) is 0 Å². The van der Waals surface area contributed by atoms with Crippen LogP contribution in [0.5, 0.6) is 0 Å². The fourth-order valence-corrected chi connectivity index (χ4v) is 1.77. The minimum Gasteiger partial charge on any atom is -0.358 e.